The van der Waals surface area contributed by atoms with Gasteiger partial charge in [-0.3, -0.25) is 0 Å². The van der Waals surface area contributed by atoms with E-state index in [0.717, 1.165) is 16.8 Å². The molecule has 4 heteroatoms. The van der Waals surface area contributed by atoms with Gasteiger partial charge in [-0.2, -0.15) is 4.98 Å². The van der Waals surface area contributed by atoms with Crippen LogP contribution in [-0.2, 0) is 0 Å². The molecule has 0 unspecified atom stereocenters. The Morgan fingerprint density at radius 2 is 2.07 bits per heavy atom. The third-order valence-electron chi connectivity index (χ3n) is 2.14. The first kappa shape index (κ1) is 8.74. The highest BCUT2D eigenvalue weighted by Gasteiger charge is 2.09. The molecule has 0 aliphatic rings. The molecule has 2 N–H and O–H groups in total. The van der Waals surface area contributed by atoms with Crippen LogP contribution in [0.2, 0.25) is 0 Å². The van der Waals surface area contributed by atoms with Crippen molar-refractivity contribution in [3.05, 3.63) is 29.7 Å². The molecular weight excluding hydrogens is 178 g/mol. The molecule has 0 aliphatic heterocycles. The highest BCUT2D eigenvalue weighted by Crippen LogP contribution is 2.24. The maximum Gasteiger partial charge on any atom is 0.223 e. The molecule has 0 saturated heterocycles. The van der Waals surface area contributed by atoms with Gasteiger partial charge in [0, 0.05) is 18.2 Å². The lowest BCUT2D eigenvalue weighted by Crippen LogP contribution is -1.92. The quantitative estimate of drug-likeness (QED) is 0.696. The van der Waals surface area contributed by atoms with E-state index in [0.29, 0.717) is 11.7 Å². The summed E-state index contributed by atoms with van der Waals surface area (Å²) in [5, 5.41) is 3.85. The number of aromatic nitrogens is 2. The van der Waals surface area contributed by atoms with Crippen LogP contribution in [0.25, 0.3) is 11.4 Å². The van der Waals surface area contributed by atoms with Crippen LogP contribution in [-0.4, -0.2) is 10.1 Å². The smallest absolute Gasteiger partial charge is 0.223 e. The van der Waals surface area contributed by atoms with E-state index in [2.05, 4.69) is 10.1 Å². The molecule has 0 bridgehead atoms. The molecule has 0 spiro atoms. The first-order chi connectivity index (χ1) is 6.68. The third-order valence-corrected chi connectivity index (χ3v) is 2.14. The Bertz CT molecular complexity index is 462. The number of anilines is 1. The SMILES string of the molecule is Cc1nc(-c2cccc(N)c2C)no1. The second-order valence-electron chi connectivity index (χ2n) is 3.16. The summed E-state index contributed by atoms with van der Waals surface area (Å²) in [6.45, 7) is 3.70. The molecule has 0 aliphatic carbocycles. The minimum Gasteiger partial charge on any atom is -0.398 e. The normalized spacial score (nSPS) is 10.4. The van der Waals surface area contributed by atoms with Gasteiger partial charge in [-0.1, -0.05) is 17.3 Å². The summed E-state index contributed by atoms with van der Waals surface area (Å²) in [5.74, 6) is 1.15. The molecule has 1 aromatic carbocycles. The van der Waals surface area contributed by atoms with Crippen molar-refractivity contribution >= 4 is 5.69 Å². The molecule has 1 aromatic heterocycles. The van der Waals surface area contributed by atoms with Gasteiger partial charge >= 0.3 is 0 Å². The minimum absolute atomic E-state index is 0.557. The zero-order valence-corrected chi connectivity index (χ0v) is 8.11. The van der Waals surface area contributed by atoms with Crippen LogP contribution < -0.4 is 5.73 Å². The predicted octanol–water partition coefficient (Wildman–Crippen LogP) is 1.94. The largest absolute Gasteiger partial charge is 0.398 e. The summed E-state index contributed by atoms with van der Waals surface area (Å²) in [5.41, 5.74) is 8.42. The number of benzene rings is 1. The van der Waals surface area contributed by atoms with Crippen molar-refractivity contribution in [2.75, 3.05) is 5.73 Å². The minimum atomic E-state index is 0.557. The highest BCUT2D eigenvalue weighted by molar-refractivity contribution is 5.67. The predicted molar refractivity (Wildman–Crippen MR) is 53.6 cm³/mol. The molecule has 4 nitrogen and oxygen atoms in total. The number of nitrogen functional groups attached to an aromatic ring is 1. The van der Waals surface area contributed by atoms with Crippen LogP contribution >= 0.6 is 0 Å². The van der Waals surface area contributed by atoms with Crippen molar-refractivity contribution in [2.24, 2.45) is 0 Å². The summed E-state index contributed by atoms with van der Waals surface area (Å²) < 4.78 is 4.91. The van der Waals surface area contributed by atoms with Crippen molar-refractivity contribution in [1.82, 2.24) is 10.1 Å². The fourth-order valence-corrected chi connectivity index (χ4v) is 1.30. The van der Waals surface area contributed by atoms with Crippen molar-refractivity contribution < 1.29 is 4.52 Å². The van der Waals surface area contributed by atoms with Gasteiger partial charge in [-0.15, -0.1) is 0 Å². The Kier molecular flexibility index (Phi) is 1.96. The average molecular weight is 189 g/mol. The Balaban J connectivity index is 2.57. The molecule has 0 atom stereocenters. The Labute approximate surface area is 81.7 Å². The van der Waals surface area contributed by atoms with Crippen LogP contribution in [0.4, 0.5) is 5.69 Å². The molecule has 1 heterocycles. The summed E-state index contributed by atoms with van der Waals surface area (Å²) in [7, 11) is 0. The molecule has 0 fully saturated rings. The topological polar surface area (TPSA) is 64.9 Å². The number of hydrogen-bond donors (Lipinski definition) is 1. The second kappa shape index (κ2) is 3.14. The van der Waals surface area contributed by atoms with Crippen LogP contribution in [0.15, 0.2) is 22.7 Å². The van der Waals surface area contributed by atoms with E-state index in [1.165, 1.54) is 0 Å². The first-order valence-corrected chi connectivity index (χ1v) is 4.34. The number of nitrogens with two attached hydrogens (primary N) is 1. The molecule has 2 aromatic rings. The molecule has 72 valence electrons. The Morgan fingerprint density at radius 1 is 1.29 bits per heavy atom. The van der Waals surface area contributed by atoms with Crippen LogP contribution in [0.5, 0.6) is 0 Å². The van der Waals surface area contributed by atoms with E-state index in [1.54, 1.807) is 6.92 Å². The van der Waals surface area contributed by atoms with E-state index < -0.39 is 0 Å². The van der Waals surface area contributed by atoms with Gasteiger partial charge in [0.2, 0.25) is 11.7 Å². The van der Waals surface area contributed by atoms with E-state index >= 15 is 0 Å². The van der Waals surface area contributed by atoms with E-state index in [4.69, 9.17) is 10.3 Å². The first-order valence-electron chi connectivity index (χ1n) is 4.34. The second-order valence-corrected chi connectivity index (χ2v) is 3.16. The fraction of sp³-hybridized carbons (Fsp3) is 0.200. The Morgan fingerprint density at radius 3 is 2.71 bits per heavy atom. The van der Waals surface area contributed by atoms with E-state index in [1.807, 2.05) is 25.1 Å². The third kappa shape index (κ3) is 1.35. The van der Waals surface area contributed by atoms with Gasteiger partial charge in [-0.05, 0) is 18.6 Å². The van der Waals surface area contributed by atoms with Crippen molar-refractivity contribution in [2.45, 2.75) is 13.8 Å². The Hall–Kier alpha value is -1.84. The molecular formula is C10H11N3O. The van der Waals surface area contributed by atoms with E-state index in [-0.39, 0.29) is 0 Å². The molecule has 0 radical (unpaired) electrons. The summed E-state index contributed by atoms with van der Waals surface area (Å²) >= 11 is 0. The van der Waals surface area contributed by atoms with Crippen LogP contribution in [0.3, 0.4) is 0 Å². The van der Waals surface area contributed by atoms with Gasteiger partial charge in [0.15, 0.2) is 0 Å². The summed E-state index contributed by atoms with van der Waals surface area (Å²) in [6.07, 6.45) is 0. The average Bonchev–Trinajstić information content (AvgIpc) is 2.57. The van der Waals surface area contributed by atoms with Gasteiger partial charge in [0.05, 0.1) is 0 Å². The monoisotopic (exact) mass is 189 g/mol. The lowest BCUT2D eigenvalue weighted by Gasteiger charge is -2.03. The fourth-order valence-electron chi connectivity index (χ4n) is 1.30. The summed E-state index contributed by atoms with van der Waals surface area (Å²) in [4.78, 5) is 4.15. The van der Waals surface area contributed by atoms with Crippen molar-refractivity contribution in [1.29, 1.82) is 0 Å². The maximum atomic E-state index is 5.78. The standard InChI is InChI=1S/C10H11N3O/c1-6-8(4-3-5-9(6)11)10-12-7(2)14-13-10/h3-5H,11H2,1-2H3. The molecule has 0 saturated carbocycles. The van der Waals surface area contributed by atoms with E-state index in [9.17, 15) is 0 Å². The maximum absolute atomic E-state index is 5.78. The van der Waals surface area contributed by atoms with Crippen molar-refractivity contribution in [3.8, 4) is 11.4 Å². The highest BCUT2D eigenvalue weighted by atomic mass is 16.5. The molecule has 14 heavy (non-hydrogen) atoms. The molecule has 2 rings (SSSR count). The lowest BCUT2D eigenvalue weighted by molar-refractivity contribution is 0.394. The molecule has 0 amide bonds. The zero-order valence-electron chi connectivity index (χ0n) is 8.11. The van der Waals surface area contributed by atoms with Gasteiger partial charge in [0.25, 0.3) is 0 Å². The van der Waals surface area contributed by atoms with Crippen LogP contribution in [0, 0.1) is 13.8 Å². The lowest BCUT2D eigenvalue weighted by atomic mass is 10.1. The number of hydrogen-bond acceptors (Lipinski definition) is 4. The van der Waals surface area contributed by atoms with Gasteiger partial charge in [-0.25, -0.2) is 0 Å². The number of rotatable bonds is 1. The number of aryl methyl sites for hydroxylation is 1. The van der Waals surface area contributed by atoms with Crippen LogP contribution in [0.1, 0.15) is 11.5 Å². The zero-order chi connectivity index (χ0) is 10.1. The summed E-state index contributed by atoms with van der Waals surface area (Å²) in [6, 6.07) is 5.66. The van der Waals surface area contributed by atoms with Gasteiger partial charge in [0.1, 0.15) is 0 Å². The number of nitrogens with zero attached hydrogens (tertiary/aromatic N) is 2. The van der Waals surface area contributed by atoms with Gasteiger partial charge < -0.3 is 10.3 Å². The van der Waals surface area contributed by atoms with Crippen molar-refractivity contribution in [3.63, 3.8) is 0 Å².